The van der Waals surface area contributed by atoms with Crippen molar-refractivity contribution >= 4 is 33.2 Å². The molecule has 0 aliphatic rings. The first-order valence-electron chi connectivity index (χ1n) is 18.9. The number of aromatic nitrogens is 2. The Hall–Kier alpha value is -7.56. The average molecular weight is 719 g/mol. The topological polar surface area (TPSA) is 61.9 Å². The van der Waals surface area contributed by atoms with E-state index in [-0.39, 0.29) is 0 Å². The van der Waals surface area contributed by atoms with E-state index in [4.69, 9.17) is 11.5 Å². The molecule has 0 atom stereocenters. The molecule has 2 heterocycles. The second kappa shape index (κ2) is 13.7. The number of anilines is 2. The van der Waals surface area contributed by atoms with Crippen LogP contribution >= 0.6 is 0 Å². The van der Waals surface area contributed by atoms with Gasteiger partial charge in [0.05, 0.1) is 33.8 Å². The van der Waals surface area contributed by atoms with Crippen molar-refractivity contribution in [1.29, 1.82) is 0 Å². The molecule has 0 fully saturated rings. The van der Waals surface area contributed by atoms with E-state index in [2.05, 4.69) is 215 Å². The van der Waals surface area contributed by atoms with Gasteiger partial charge in [-0.1, -0.05) is 158 Å². The molecule has 56 heavy (non-hydrogen) atoms. The van der Waals surface area contributed by atoms with Crippen molar-refractivity contribution in [2.75, 3.05) is 11.5 Å². The molecular formula is C52H38N4. The Bertz CT molecular complexity index is 2690. The monoisotopic (exact) mass is 718 g/mol. The lowest BCUT2D eigenvalue weighted by atomic mass is 9.97. The highest BCUT2D eigenvalue weighted by molar-refractivity contribution is 6.09. The highest BCUT2D eigenvalue weighted by atomic mass is 15.1. The maximum absolute atomic E-state index is 7.40. The number of nitrogen functional groups attached to an aromatic ring is 2. The second-order valence-corrected chi connectivity index (χ2v) is 14.2. The van der Waals surface area contributed by atoms with Crippen LogP contribution in [0.15, 0.2) is 206 Å². The lowest BCUT2D eigenvalue weighted by Crippen LogP contribution is -2.06. The number of rotatable bonds is 7. The fraction of sp³-hybridized carbons (Fsp3) is 0. The van der Waals surface area contributed by atoms with Crippen LogP contribution in [-0.4, -0.2) is 9.13 Å². The smallest absolute Gasteiger partial charge is 0.0964 e. The zero-order chi connectivity index (χ0) is 37.6. The quantitative estimate of drug-likeness (QED) is 0.172. The summed E-state index contributed by atoms with van der Waals surface area (Å²) in [6, 6.07) is 72.6. The van der Waals surface area contributed by atoms with Gasteiger partial charge < -0.3 is 20.6 Å². The van der Waals surface area contributed by atoms with Crippen molar-refractivity contribution in [2.24, 2.45) is 0 Å². The summed E-state index contributed by atoms with van der Waals surface area (Å²) in [5.74, 6) is 0. The predicted octanol–water partition coefficient (Wildman–Crippen LogP) is 13.1. The SMILES string of the molecule is Nc1c(-c2c(N)c3ccccc3n2-c2cc(-c3ccccc3)cc(-c3ccccc3)c2)n(-c2cc(-c3ccccc3)cc(-c3ccccc3)c2)c2ccccc12. The molecule has 0 saturated carbocycles. The van der Waals surface area contributed by atoms with Crippen molar-refractivity contribution in [1.82, 2.24) is 9.13 Å². The van der Waals surface area contributed by atoms with Crippen LogP contribution in [0, 0.1) is 0 Å². The van der Waals surface area contributed by atoms with Gasteiger partial charge in [-0.15, -0.1) is 0 Å². The summed E-state index contributed by atoms with van der Waals surface area (Å²) in [5, 5.41) is 1.93. The van der Waals surface area contributed by atoms with Gasteiger partial charge in [0.1, 0.15) is 0 Å². The average Bonchev–Trinajstić information content (AvgIpc) is 3.74. The number of fused-ring (bicyclic) bond motifs is 2. The Morgan fingerprint density at radius 1 is 0.268 bits per heavy atom. The molecule has 0 spiro atoms. The third-order valence-corrected chi connectivity index (χ3v) is 10.8. The Morgan fingerprint density at radius 2 is 0.536 bits per heavy atom. The molecule has 4 N–H and O–H groups in total. The third-order valence-electron chi connectivity index (χ3n) is 10.8. The molecule has 266 valence electrons. The number of hydrogen-bond acceptors (Lipinski definition) is 2. The van der Waals surface area contributed by atoms with Crippen molar-refractivity contribution in [2.45, 2.75) is 0 Å². The molecule has 0 radical (unpaired) electrons. The fourth-order valence-corrected chi connectivity index (χ4v) is 8.20. The highest BCUT2D eigenvalue weighted by Crippen LogP contribution is 2.47. The normalized spacial score (nSPS) is 11.4. The van der Waals surface area contributed by atoms with Gasteiger partial charge >= 0.3 is 0 Å². The third kappa shape index (κ3) is 5.64. The summed E-state index contributed by atoms with van der Waals surface area (Å²) in [6.07, 6.45) is 0. The van der Waals surface area contributed by atoms with Gasteiger partial charge in [-0.2, -0.15) is 0 Å². The molecule has 8 aromatic carbocycles. The first-order valence-corrected chi connectivity index (χ1v) is 18.9. The summed E-state index contributed by atoms with van der Waals surface area (Å²) < 4.78 is 4.62. The summed E-state index contributed by atoms with van der Waals surface area (Å²) in [4.78, 5) is 0. The number of benzene rings is 8. The van der Waals surface area contributed by atoms with Crippen molar-refractivity contribution < 1.29 is 0 Å². The molecule has 0 unspecified atom stereocenters. The molecule has 0 aliphatic carbocycles. The molecule has 4 heteroatoms. The molecule has 2 aromatic heterocycles. The minimum atomic E-state index is 0.672. The number of nitrogens with two attached hydrogens (primary N) is 2. The van der Waals surface area contributed by atoms with E-state index in [1.807, 2.05) is 0 Å². The summed E-state index contributed by atoms with van der Waals surface area (Å²) >= 11 is 0. The van der Waals surface area contributed by atoms with Crippen LogP contribution in [0.3, 0.4) is 0 Å². The largest absolute Gasteiger partial charge is 0.396 e. The summed E-state index contributed by atoms with van der Waals surface area (Å²) in [6.45, 7) is 0. The van der Waals surface area contributed by atoms with Crippen LogP contribution < -0.4 is 11.5 Å². The number of para-hydroxylation sites is 2. The van der Waals surface area contributed by atoms with Gasteiger partial charge in [0, 0.05) is 22.1 Å². The predicted molar refractivity (Wildman–Crippen MR) is 236 cm³/mol. The van der Waals surface area contributed by atoms with Gasteiger partial charge in [0.25, 0.3) is 0 Å². The van der Waals surface area contributed by atoms with E-state index in [1.54, 1.807) is 0 Å². The van der Waals surface area contributed by atoms with Crippen LogP contribution in [0.4, 0.5) is 11.4 Å². The molecular weight excluding hydrogens is 681 g/mol. The molecule has 0 saturated heterocycles. The standard InChI is InChI=1S/C52H38N4/c53-49-45-25-13-15-27-47(45)55(43-31-39(35-17-5-1-6-18-35)29-40(32-43)36-19-7-2-8-20-36)51(49)52-50(54)46-26-14-16-28-48(46)56(52)44-33-41(37-21-9-3-10-22-37)30-42(34-44)38-23-11-4-12-24-38/h1-34H,53-54H2. The van der Waals surface area contributed by atoms with Gasteiger partial charge in [0.2, 0.25) is 0 Å². The van der Waals surface area contributed by atoms with E-state index >= 15 is 0 Å². The van der Waals surface area contributed by atoms with Crippen LogP contribution in [0.5, 0.6) is 0 Å². The summed E-state index contributed by atoms with van der Waals surface area (Å²) in [5.41, 5.74) is 30.8. The lowest BCUT2D eigenvalue weighted by Gasteiger charge is -2.19. The van der Waals surface area contributed by atoms with E-state index in [1.165, 1.54) is 0 Å². The minimum Gasteiger partial charge on any atom is -0.396 e. The number of nitrogens with zero attached hydrogens (tertiary/aromatic N) is 2. The van der Waals surface area contributed by atoms with Crippen LogP contribution in [-0.2, 0) is 0 Å². The van der Waals surface area contributed by atoms with Crippen molar-refractivity contribution in [3.63, 3.8) is 0 Å². The Balaban J connectivity index is 1.31. The summed E-state index contributed by atoms with van der Waals surface area (Å²) in [7, 11) is 0. The molecule has 0 amide bonds. The Kier molecular flexibility index (Phi) is 8.08. The first-order chi connectivity index (χ1) is 27.6. The van der Waals surface area contributed by atoms with Crippen LogP contribution in [0.2, 0.25) is 0 Å². The van der Waals surface area contributed by atoms with Crippen LogP contribution in [0.1, 0.15) is 0 Å². The Morgan fingerprint density at radius 3 is 0.839 bits per heavy atom. The maximum atomic E-state index is 7.40. The van der Waals surface area contributed by atoms with Crippen molar-refractivity contribution in [3.8, 4) is 67.3 Å². The fourth-order valence-electron chi connectivity index (χ4n) is 8.20. The zero-order valence-electron chi connectivity index (χ0n) is 30.7. The maximum Gasteiger partial charge on any atom is 0.0964 e. The second-order valence-electron chi connectivity index (χ2n) is 14.2. The van der Waals surface area contributed by atoms with Gasteiger partial charge in [-0.3, -0.25) is 0 Å². The van der Waals surface area contributed by atoms with E-state index in [9.17, 15) is 0 Å². The van der Waals surface area contributed by atoms with E-state index in [0.717, 1.165) is 89.1 Å². The van der Waals surface area contributed by atoms with Crippen molar-refractivity contribution in [3.05, 3.63) is 206 Å². The van der Waals surface area contributed by atoms with Gasteiger partial charge in [-0.05, 0) is 93.0 Å². The highest BCUT2D eigenvalue weighted by Gasteiger charge is 2.27. The molecule has 10 rings (SSSR count). The number of hydrogen-bond donors (Lipinski definition) is 2. The molecule has 10 aromatic rings. The van der Waals surface area contributed by atoms with Gasteiger partial charge in [0.15, 0.2) is 0 Å². The van der Waals surface area contributed by atoms with Crippen LogP contribution in [0.25, 0.3) is 89.1 Å². The molecule has 4 nitrogen and oxygen atoms in total. The zero-order valence-corrected chi connectivity index (χ0v) is 30.7. The molecule has 0 bridgehead atoms. The lowest BCUT2D eigenvalue weighted by molar-refractivity contribution is 1.07. The minimum absolute atomic E-state index is 0.672. The van der Waals surface area contributed by atoms with E-state index < -0.39 is 0 Å². The first kappa shape index (κ1) is 33.0. The van der Waals surface area contributed by atoms with E-state index in [0.29, 0.717) is 11.4 Å². The Labute approximate surface area is 326 Å². The van der Waals surface area contributed by atoms with Gasteiger partial charge in [-0.25, -0.2) is 0 Å². The molecule has 0 aliphatic heterocycles.